The fraction of sp³-hybridized carbons (Fsp3) is 0.0370. The second kappa shape index (κ2) is 9.55. The first kappa shape index (κ1) is 23.1. The largest absolute Gasteiger partial charge is 0.323 e. The Morgan fingerprint density at radius 1 is 0.778 bits per heavy atom. The van der Waals surface area contributed by atoms with Crippen molar-refractivity contribution in [3.8, 4) is 0 Å². The van der Waals surface area contributed by atoms with Crippen LogP contribution >= 0.6 is 0 Å². The Balaban J connectivity index is 1.45. The van der Waals surface area contributed by atoms with Gasteiger partial charge in [-0.2, -0.15) is 0 Å². The van der Waals surface area contributed by atoms with Crippen molar-refractivity contribution in [3.63, 3.8) is 0 Å². The minimum Gasteiger partial charge on any atom is -0.322 e. The third kappa shape index (κ3) is 4.77. The summed E-state index contributed by atoms with van der Waals surface area (Å²) in [6.07, 6.45) is 0. The van der Waals surface area contributed by atoms with Crippen molar-refractivity contribution in [2.45, 2.75) is 11.4 Å². The van der Waals surface area contributed by atoms with Gasteiger partial charge < -0.3 is 15.3 Å². The Hall–Kier alpha value is -4.63. The number of rotatable bonds is 7. The average Bonchev–Trinajstić information content (AvgIpc) is 3.27. The van der Waals surface area contributed by atoms with E-state index in [1.54, 1.807) is 54.6 Å². The molecule has 0 aliphatic carbocycles. The number of aromatic amines is 2. The minimum absolute atomic E-state index is 0.000325. The standard InChI is InChI=1S/C27H22N4O4S/c32-26(28-21-14-15-24-25(17-21)30-27(33)29-24)20-10-7-13-23(16-20)36(34,35)31(22-11-5-2-6-12-22)18-19-8-3-1-4-9-19/h1-17H,18H2,(H,28,32)(H2,29,30,33). The lowest BCUT2D eigenvalue weighted by Gasteiger charge is -2.25. The molecule has 1 heterocycles. The predicted molar refractivity (Wildman–Crippen MR) is 140 cm³/mol. The van der Waals surface area contributed by atoms with E-state index in [1.165, 1.54) is 16.4 Å². The number of hydrogen-bond acceptors (Lipinski definition) is 4. The highest BCUT2D eigenvalue weighted by Crippen LogP contribution is 2.26. The Labute approximate surface area is 207 Å². The summed E-state index contributed by atoms with van der Waals surface area (Å²) in [5.74, 6) is -0.474. The Bertz CT molecular complexity index is 1690. The number of hydrogen-bond donors (Lipinski definition) is 3. The van der Waals surface area contributed by atoms with Gasteiger partial charge in [0.15, 0.2) is 0 Å². The van der Waals surface area contributed by atoms with Crippen LogP contribution in [-0.4, -0.2) is 24.3 Å². The third-order valence-electron chi connectivity index (χ3n) is 5.67. The monoisotopic (exact) mass is 498 g/mol. The van der Waals surface area contributed by atoms with E-state index in [0.717, 1.165) is 5.56 Å². The zero-order chi connectivity index (χ0) is 25.1. The molecule has 36 heavy (non-hydrogen) atoms. The number of imidazole rings is 1. The summed E-state index contributed by atoms with van der Waals surface area (Å²) in [6.45, 7) is 0.137. The van der Waals surface area contributed by atoms with Gasteiger partial charge in [-0.3, -0.25) is 9.10 Å². The summed E-state index contributed by atoms with van der Waals surface area (Å²) in [5, 5.41) is 2.76. The van der Waals surface area contributed by atoms with Gasteiger partial charge in [-0.1, -0.05) is 54.6 Å². The summed E-state index contributed by atoms with van der Waals surface area (Å²) in [6, 6.07) is 29.1. The first-order chi connectivity index (χ1) is 17.4. The van der Waals surface area contributed by atoms with E-state index < -0.39 is 15.9 Å². The number of carbonyl (C=O) groups excluding carboxylic acids is 1. The van der Waals surface area contributed by atoms with Gasteiger partial charge in [0.2, 0.25) is 0 Å². The molecular formula is C27H22N4O4S. The number of para-hydroxylation sites is 1. The summed E-state index contributed by atoms with van der Waals surface area (Å²) < 4.78 is 28.9. The highest BCUT2D eigenvalue weighted by atomic mass is 32.2. The van der Waals surface area contributed by atoms with Crippen LogP contribution in [0.2, 0.25) is 0 Å². The number of aromatic nitrogens is 2. The first-order valence-electron chi connectivity index (χ1n) is 11.2. The van der Waals surface area contributed by atoms with E-state index >= 15 is 0 Å². The van der Waals surface area contributed by atoms with Crippen molar-refractivity contribution in [1.82, 2.24) is 9.97 Å². The topological polar surface area (TPSA) is 115 Å². The van der Waals surface area contributed by atoms with Crippen LogP contribution < -0.4 is 15.3 Å². The lowest BCUT2D eigenvalue weighted by atomic mass is 10.2. The molecule has 5 rings (SSSR count). The van der Waals surface area contributed by atoms with Crippen molar-refractivity contribution in [1.29, 1.82) is 0 Å². The van der Waals surface area contributed by atoms with Gasteiger partial charge in [0.25, 0.3) is 15.9 Å². The number of H-pyrrole nitrogens is 2. The van der Waals surface area contributed by atoms with Crippen molar-refractivity contribution in [2.24, 2.45) is 0 Å². The second-order valence-corrected chi connectivity index (χ2v) is 10.0. The van der Waals surface area contributed by atoms with Gasteiger partial charge in [-0.25, -0.2) is 13.2 Å². The number of benzene rings is 4. The molecule has 4 aromatic carbocycles. The second-order valence-electron chi connectivity index (χ2n) is 8.15. The molecule has 180 valence electrons. The third-order valence-corrected chi connectivity index (χ3v) is 7.44. The number of nitrogens with one attached hydrogen (secondary N) is 3. The van der Waals surface area contributed by atoms with E-state index in [9.17, 15) is 18.0 Å². The first-order valence-corrected chi connectivity index (χ1v) is 12.6. The van der Waals surface area contributed by atoms with Crippen LogP contribution in [0.4, 0.5) is 11.4 Å². The highest BCUT2D eigenvalue weighted by molar-refractivity contribution is 7.92. The molecule has 1 aromatic heterocycles. The molecule has 0 spiro atoms. The number of nitrogens with zero attached hydrogens (tertiary/aromatic N) is 1. The maximum atomic E-state index is 13.8. The van der Waals surface area contributed by atoms with E-state index in [0.29, 0.717) is 22.4 Å². The summed E-state index contributed by atoms with van der Waals surface area (Å²) in [7, 11) is -4.00. The molecule has 5 aromatic rings. The molecule has 0 bridgehead atoms. The van der Waals surface area contributed by atoms with Crippen LogP contribution in [0.25, 0.3) is 11.0 Å². The summed E-state index contributed by atoms with van der Waals surface area (Å²) >= 11 is 0. The molecule has 0 aliphatic heterocycles. The fourth-order valence-electron chi connectivity index (χ4n) is 3.90. The van der Waals surface area contributed by atoms with Crippen LogP contribution in [0.1, 0.15) is 15.9 Å². The van der Waals surface area contributed by atoms with Gasteiger partial charge >= 0.3 is 5.69 Å². The lowest BCUT2D eigenvalue weighted by Crippen LogP contribution is -2.30. The van der Waals surface area contributed by atoms with Crippen LogP contribution in [0, 0.1) is 0 Å². The van der Waals surface area contributed by atoms with Gasteiger partial charge in [0.05, 0.1) is 28.2 Å². The van der Waals surface area contributed by atoms with Crippen LogP contribution in [0.15, 0.2) is 113 Å². The number of sulfonamides is 1. The van der Waals surface area contributed by atoms with Gasteiger partial charge in [-0.15, -0.1) is 0 Å². The SMILES string of the molecule is O=C(Nc1ccc2[nH]c(=O)[nH]c2c1)c1cccc(S(=O)(=O)N(Cc2ccccc2)c2ccccc2)c1. The normalized spacial score (nSPS) is 11.3. The molecule has 0 aliphatic rings. The summed E-state index contributed by atoms with van der Waals surface area (Å²) in [4.78, 5) is 29.7. The van der Waals surface area contributed by atoms with E-state index in [4.69, 9.17) is 0 Å². The smallest absolute Gasteiger partial charge is 0.322 e. The molecule has 0 saturated heterocycles. The van der Waals surface area contributed by atoms with Crippen LogP contribution in [0.3, 0.4) is 0 Å². The van der Waals surface area contributed by atoms with E-state index in [-0.39, 0.29) is 22.7 Å². The molecule has 0 saturated carbocycles. The molecule has 3 N–H and O–H groups in total. The Morgan fingerprint density at radius 2 is 1.47 bits per heavy atom. The van der Waals surface area contributed by atoms with E-state index in [1.807, 2.05) is 36.4 Å². The fourth-order valence-corrected chi connectivity index (χ4v) is 5.40. The maximum absolute atomic E-state index is 13.8. The predicted octanol–water partition coefficient (Wildman–Crippen LogP) is 4.50. The Kier molecular flexibility index (Phi) is 6.14. The number of carbonyl (C=O) groups is 1. The quantitative estimate of drug-likeness (QED) is 0.306. The molecule has 0 radical (unpaired) electrons. The van der Waals surface area contributed by atoms with Crippen molar-refractivity contribution in [3.05, 3.63) is 125 Å². The molecule has 0 fully saturated rings. The van der Waals surface area contributed by atoms with Crippen LogP contribution in [0.5, 0.6) is 0 Å². The number of anilines is 2. The van der Waals surface area contributed by atoms with Gasteiger partial charge in [0, 0.05) is 11.3 Å². The zero-order valence-corrected chi connectivity index (χ0v) is 19.8. The van der Waals surface area contributed by atoms with Crippen molar-refractivity contribution < 1.29 is 13.2 Å². The van der Waals surface area contributed by atoms with Crippen LogP contribution in [-0.2, 0) is 16.6 Å². The number of fused-ring (bicyclic) bond motifs is 1. The molecule has 1 amide bonds. The zero-order valence-electron chi connectivity index (χ0n) is 19.0. The molecular weight excluding hydrogens is 476 g/mol. The minimum atomic E-state index is -4.00. The molecule has 9 heteroatoms. The van der Waals surface area contributed by atoms with Gasteiger partial charge in [0.1, 0.15) is 0 Å². The molecule has 0 atom stereocenters. The van der Waals surface area contributed by atoms with Crippen molar-refractivity contribution in [2.75, 3.05) is 9.62 Å². The maximum Gasteiger partial charge on any atom is 0.323 e. The Morgan fingerprint density at radius 3 is 2.22 bits per heavy atom. The van der Waals surface area contributed by atoms with Crippen molar-refractivity contribution >= 4 is 38.3 Å². The lowest BCUT2D eigenvalue weighted by molar-refractivity contribution is 0.102. The summed E-state index contributed by atoms with van der Waals surface area (Å²) in [5.41, 5.74) is 2.82. The molecule has 8 nitrogen and oxygen atoms in total. The highest BCUT2D eigenvalue weighted by Gasteiger charge is 2.26. The van der Waals surface area contributed by atoms with E-state index in [2.05, 4.69) is 15.3 Å². The number of amides is 1. The molecule has 0 unspecified atom stereocenters. The average molecular weight is 499 g/mol. The van der Waals surface area contributed by atoms with Gasteiger partial charge in [-0.05, 0) is 54.1 Å².